The normalized spacial score (nSPS) is 10.9. The van der Waals surface area contributed by atoms with Crippen LogP contribution < -0.4 is 10.1 Å². The number of methoxy groups -OCH3 is 1. The molecule has 130 valence electrons. The molecule has 2 N–H and O–H groups in total. The highest BCUT2D eigenvalue weighted by molar-refractivity contribution is 5.97. The van der Waals surface area contributed by atoms with Gasteiger partial charge in [-0.05, 0) is 43.5 Å². The number of nitrogens with zero attached hydrogens (tertiary/aromatic N) is 2. The maximum Gasteiger partial charge on any atom is 0.153 e. The topological polar surface area (TPSA) is 62.8 Å². The van der Waals surface area contributed by atoms with Gasteiger partial charge in [-0.2, -0.15) is 5.10 Å². The molecule has 2 aromatic carbocycles. The van der Waals surface area contributed by atoms with Crippen molar-refractivity contribution in [2.24, 2.45) is 0 Å². The third kappa shape index (κ3) is 3.11. The molecule has 26 heavy (non-hydrogen) atoms. The number of benzene rings is 2. The third-order valence-corrected chi connectivity index (χ3v) is 4.33. The van der Waals surface area contributed by atoms with E-state index in [1.165, 1.54) is 5.56 Å². The van der Waals surface area contributed by atoms with Gasteiger partial charge in [-0.1, -0.05) is 29.8 Å². The number of hydrogen-bond donors (Lipinski definition) is 2. The molecule has 0 spiro atoms. The predicted molar refractivity (Wildman–Crippen MR) is 105 cm³/mol. The van der Waals surface area contributed by atoms with Gasteiger partial charge in [-0.25, -0.2) is 4.98 Å². The summed E-state index contributed by atoms with van der Waals surface area (Å²) in [5.41, 5.74) is 4.22. The first-order chi connectivity index (χ1) is 12.6. The maximum absolute atomic E-state index is 5.39. The van der Waals surface area contributed by atoms with Crippen LogP contribution in [0.3, 0.4) is 0 Å². The summed E-state index contributed by atoms with van der Waals surface area (Å²) in [6, 6.07) is 18.4. The Labute approximate surface area is 152 Å². The van der Waals surface area contributed by atoms with Crippen LogP contribution in [0.5, 0.6) is 5.75 Å². The number of pyridine rings is 1. The van der Waals surface area contributed by atoms with Gasteiger partial charge in [0.05, 0.1) is 12.8 Å². The van der Waals surface area contributed by atoms with Crippen LogP contribution in [-0.4, -0.2) is 22.3 Å². The van der Waals surface area contributed by atoms with Crippen molar-refractivity contribution >= 4 is 22.4 Å². The van der Waals surface area contributed by atoms with Crippen LogP contribution in [0, 0.1) is 13.8 Å². The molecule has 0 atom stereocenters. The molecule has 0 amide bonds. The number of aromatic nitrogens is 3. The minimum Gasteiger partial charge on any atom is -0.497 e. The van der Waals surface area contributed by atoms with E-state index < -0.39 is 0 Å². The summed E-state index contributed by atoms with van der Waals surface area (Å²) in [6.45, 7) is 4.05. The first-order valence-corrected chi connectivity index (χ1v) is 8.47. The molecule has 5 nitrogen and oxygen atoms in total. The van der Waals surface area contributed by atoms with Crippen molar-refractivity contribution < 1.29 is 4.74 Å². The maximum atomic E-state index is 5.39. The fraction of sp³-hybridized carbons (Fsp3) is 0.143. The molecule has 0 unspecified atom stereocenters. The van der Waals surface area contributed by atoms with Crippen LogP contribution in [0.2, 0.25) is 0 Å². The highest BCUT2D eigenvalue weighted by Crippen LogP contribution is 2.32. The summed E-state index contributed by atoms with van der Waals surface area (Å²) >= 11 is 0. The molecule has 2 aromatic heterocycles. The van der Waals surface area contributed by atoms with Crippen molar-refractivity contribution in [1.82, 2.24) is 15.2 Å². The van der Waals surface area contributed by atoms with E-state index in [4.69, 9.17) is 9.72 Å². The number of aromatic amines is 1. The van der Waals surface area contributed by atoms with E-state index in [1.807, 2.05) is 31.2 Å². The number of aryl methyl sites for hydroxylation is 2. The van der Waals surface area contributed by atoms with Crippen molar-refractivity contribution in [1.29, 1.82) is 0 Å². The Balaban J connectivity index is 1.88. The number of ether oxygens (including phenoxy) is 1. The Hall–Kier alpha value is -3.34. The number of anilines is 2. The number of rotatable bonds is 4. The monoisotopic (exact) mass is 344 g/mol. The van der Waals surface area contributed by atoms with Crippen molar-refractivity contribution in [2.45, 2.75) is 13.8 Å². The van der Waals surface area contributed by atoms with Gasteiger partial charge >= 0.3 is 0 Å². The second kappa shape index (κ2) is 6.52. The van der Waals surface area contributed by atoms with Gasteiger partial charge in [0.25, 0.3) is 0 Å². The predicted octanol–water partition coefficient (Wildman–Crippen LogP) is 4.99. The lowest BCUT2D eigenvalue weighted by molar-refractivity contribution is 0.415. The highest BCUT2D eigenvalue weighted by Gasteiger charge is 2.10. The Bertz CT molecular complexity index is 1070. The largest absolute Gasteiger partial charge is 0.497 e. The van der Waals surface area contributed by atoms with Crippen LogP contribution in [0.4, 0.5) is 11.6 Å². The average molecular weight is 344 g/mol. The molecule has 4 aromatic rings. The van der Waals surface area contributed by atoms with Crippen LogP contribution in [0.25, 0.3) is 22.0 Å². The van der Waals surface area contributed by atoms with Gasteiger partial charge in [0.2, 0.25) is 0 Å². The van der Waals surface area contributed by atoms with E-state index in [1.54, 1.807) is 7.11 Å². The third-order valence-electron chi connectivity index (χ3n) is 4.33. The lowest BCUT2D eigenvalue weighted by Crippen LogP contribution is -1.97. The summed E-state index contributed by atoms with van der Waals surface area (Å²) in [5, 5.41) is 12.6. The summed E-state index contributed by atoms with van der Waals surface area (Å²) < 4.78 is 5.39. The number of nitrogens with one attached hydrogen (secondary N) is 2. The molecule has 2 heterocycles. The SMILES string of the molecule is COc1ccc2c(-c3ccc(C)cc3)nc(Nc3cc(C)[nH]n3)cc2c1. The minimum absolute atomic E-state index is 0.743. The summed E-state index contributed by atoms with van der Waals surface area (Å²) in [5.74, 6) is 2.31. The lowest BCUT2D eigenvalue weighted by Gasteiger charge is -2.12. The minimum atomic E-state index is 0.743. The number of fused-ring (bicyclic) bond motifs is 1. The molecule has 0 aliphatic heterocycles. The van der Waals surface area contributed by atoms with Crippen LogP contribution in [-0.2, 0) is 0 Å². The molecule has 0 fully saturated rings. The molecule has 5 heteroatoms. The molecule has 0 aliphatic rings. The highest BCUT2D eigenvalue weighted by atomic mass is 16.5. The second-order valence-electron chi connectivity index (χ2n) is 6.37. The molecule has 4 rings (SSSR count). The molecule has 0 aliphatic carbocycles. The van der Waals surface area contributed by atoms with Gasteiger partial charge in [-0.15, -0.1) is 0 Å². The zero-order chi connectivity index (χ0) is 18.1. The van der Waals surface area contributed by atoms with Gasteiger partial charge in [-0.3, -0.25) is 5.10 Å². The van der Waals surface area contributed by atoms with Crippen LogP contribution >= 0.6 is 0 Å². The zero-order valence-electron chi connectivity index (χ0n) is 15.0. The van der Waals surface area contributed by atoms with E-state index in [0.29, 0.717) is 0 Å². The molecule has 0 radical (unpaired) electrons. The summed E-state index contributed by atoms with van der Waals surface area (Å²) in [4.78, 5) is 4.86. The lowest BCUT2D eigenvalue weighted by atomic mass is 10.0. The Morgan fingerprint density at radius 1 is 0.923 bits per heavy atom. The van der Waals surface area contributed by atoms with Crippen molar-refractivity contribution in [2.75, 3.05) is 12.4 Å². The van der Waals surface area contributed by atoms with Crippen LogP contribution in [0.15, 0.2) is 54.6 Å². The van der Waals surface area contributed by atoms with E-state index in [9.17, 15) is 0 Å². The van der Waals surface area contributed by atoms with Crippen molar-refractivity contribution in [3.8, 4) is 17.0 Å². The van der Waals surface area contributed by atoms with E-state index in [-0.39, 0.29) is 0 Å². The summed E-state index contributed by atoms with van der Waals surface area (Å²) in [7, 11) is 1.68. The zero-order valence-corrected chi connectivity index (χ0v) is 15.0. The van der Waals surface area contributed by atoms with Gasteiger partial charge in [0.1, 0.15) is 11.6 Å². The van der Waals surface area contributed by atoms with Crippen molar-refractivity contribution in [3.63, 3.8) is 0 Å². The molecule has 0 bridgehead atoms. The smallest absolute Gasteiger partial charge is 0.153 e. The Kier molecular flexibility index (Phi) is 4.05. The Morgan fingerprint density at radius 2 is 1.73 bits per heavy atom. The summed E-state index contributed by atoms with van der Waals surface area (Å²) in [6.07, 6.45) is 0. The van der Waals surface area contributed by atoms with E-state index in [2.05, 4.69) is 52.8 Å². The first kappa shape index (κ1) is 16.1. The number of hydrogen-bond acceptors (Lipinski definition) is 4. The van der Waals surface area contributed by atoms with Gasteiger partial charge in [0.15, 0.2) is 5.82 Å². The first-order valence-electron chi connectivity index (χ1n) is 8.47. The molecule has 0 saturated carbocycles. The fourth-order valence-corrected chi connectivity index (χ4v) is 2.97. The van der Waals surface area contributed by atoms with Crippen molar-refractivity contribution in [3.05, 3.63) is 65.9 Å². The standard InChI is InChI=1S/C21H20N4O/c1-13-4-6-15(7-5-13)21-18-9-8-17(26-3)11-16(18)12-19(23-21)22-20-10-14(2)24-25-20/h4-12H,1-3H3,(H2,22,23,24,25). The van der Waals surface area contributed by atoms with E-state index >= 15 is 0 Å². The second-order valence-corrected chi connectivity index (χ2v) is 6.37. The Morgan fingerprint density at radius 3 is 2.42 bits per heavy atom. The molecular formula is C21H20N4O. The fourth-order valence-electron chi connectivity index (χ4n) is 2.97. The number of H-pyrrole nitrogens is 1. The molecule has 0 saturated heterocycles. The van der Waals surface area contributed by atoms with Crippen LogP contribution in [0.1, 0.15) is 11.3 Å². The molecular weight excluding hydrogens is 324 g/mol. The quantitative estimate of drug-likeness (QED) is 0.547. The van der Waals surface area contributed by atoms with E-state index in [0.717, 1.165) is 45.1 Å². The van der Waals surface area contributed by atoms with Gasteiger partial charge in [0, 0.05) is 22.7 Å². The average Bonchev–Trinajstić information content (AvgIpc) is 3.06. The van der Waals surface area contributed by atoms with Gasteiger partial charge < -0.3 is 10.1 Å².